The number of amides is 1. The van der Waals surface area contributed by atoms with Gasteiger partial charge in [-0.05, 0) is 31.0 Å². The highest BCUT2D eigenvalue weighted by molar-refractivity contribution is 6.04. The molecular formula is C26H30N8O3. The van der Waals surface area contributed by atoms with Gasteiger partial charge in [0.1, 0.15) is 23.1 Å². The summed E-state index contributed by atoms with van der Waals surface area (Å²) in [5.74, 6) is 2.23. The molecule has 1 saturated heterocycles. The number of fused-ring (bicyclic) bond motifs is 1. The second kappa shape index (κ2) is 10.1. The third-order valence-corrected chi connectivity index (χ3v) is 6.19. The van der Waals surface area contributed by atoms with Crippen molar-refractivity contribution in [2.45, 2.75) is 39.5 Å². The first-order chi connectivity index (χ1) is 17.8. The van der Waals surface area contributed by atoms with Crippen LogP contribution in [0.5, 0.6) is 0 Å². The minimum atomic E-state index is -0.297. The van der Waals surface area contributed by atoms with E-state index in [2.05, 4.69) is 41.0 Å². The van der Waals surface area contributed by atoms with E-state index in [1.54, 1.807) is 24.4 Å². The van der Waals surface area contributed by atoms with Crippen LogP contribution in [0.1, 0.15) is 48.9 Å². The maximum atomic E-state index is 12.9. The molecule has 192 valence electrons. The molecule has 1 aliphatic rings. The van der Waals surface area contributed by atoms with E-state index in [1.165, 1.54) is 6.33 Å². The van der Waals surface area contributed by atoms with E-state index >= 15 is 0 Å². The maximum Gasteiger partial charge on any atom is 0.256 e. The predicted octanol–water partition coefficient (Wildman–Crippen LogP) is 4.46. The zero-order valence-electron chi connectivity index (χ0n) is 21.3. The summed E-state index contributed by atoms with van der Waals surface area (Å²) in [7, 11) is 0. The number of hydrogen-bond donors (Lipinski definition) is 3. The van der Waals surface area contributed by atoms with E-state index in [4.69, 9.17) is 9.26 Å². The van der Waals surface area contributed by atoms with Crippen molar-refractivity contribution in [2.24, 2.45) is 5.92 Å². The molecule has 1 amide bonds. The van der Waals surface area contributed by atoms with Crippen LogP contribution in [0.25, 0.3) is 11.0 Å². The number of carbonyl (C=O) groups is 1. The van der Waals surface area contributed by atoms with Crippen LogP contribution in [-0.2, 0) is 10.2 Å². The molecule has 11 nitrogen and oxygen atoms in total. The molecular weight excluding hydrogens is 472 g/mol. The molecule has 0 spiro atoms. The highest BCUT2D eigenvalue weighted by Crippen LogP contribution is 2.27. The summed E-state index contributed by atoms with van der Waals surface area (Å²) in [5, 5.41) is 13.4. The summed E-state index contributed by atoms with van der Waals surface area (Å²) in [6, 6.07) is 7.14. The van der Waals surface area contributed by atoms with Gasteiger partial charge in [-0.15, -0.1) is 0 Å². The van der Waals surface area contributed by atoms with Gasteiger partial charge in [0.2, 0.25) is 5.95 Å². The van der Waals surface area contributed by atoms with Gasteiger partial charge in [0.25, 0.3) is 5.91 Å². The zero-order valence-corrected chi connectivity index (χ0v) is 21.3. The van der Waals surface area contributed by atoms with Crippen LogP contribution in [-0.4, -0.2) is 50.8 Å². The molecule has 11 heteroatoms. The summed E-state index contributed by atoms with van der Waals surface area (Å²) >= 11 is 0. The number of aryl methyl sites for hydroxylation is 1. The van der Waals surface area contributed by atoms with E-state index in [-0.39, 0.29) is 11.3 Å². The van der Waals surface area contributed by atoms with E-state index in [0.717, 1.165) is 37.4 Å². The van der Waals surface area contributed by atoms with Crippen molar-refractivity contribution in [3.05, 3.63) is 53.7 Å². The molecule has 4 heterocycles. The average Bonchev–Trinajstić information content (AvgIpc) is 3.56. The second-order valence-corrected chi connectivity index (χ2v) is 10.2. The van der Waals surface area contributed by atoms with Crippen LogP contribution in [0.15, 0.2) is 41.3 Å². The predicted molar refractivity (Wildman–Crippen MR) is 140 cm³/mol. The van der Waals surface area contributed by atoms with E-state index in [9.17, 15) is 4.79 Å². The van der Waals surface area contributed by atoms with Crippen LogP contribution in [0.3, 0.4) is 0 Å². The van der Waals surface area contributed by atoms with E-state index in [1.807, 2.05) is 33.8 Å². The number of anilines is 4. The smallest absolute Gasteiger partial charge is 0.256 e. The Morgan fingerprint density at radius 2 is 2.03 bits per heavy atom. The van der Waals surface area contributed by atoms with Crippen molar-refractivity contribution in [1.82, 2.24) is 25.1 Å². The van der Waals surface area contributed by atoms with Crippen molar-refractivity contribution in [3.63, 3.8) is 0 Å². The van der Waals surface area contributed by atoms with Crippen molar-refractivity contribution < 1.29 is 14.1 Å². The van der Waals surface area contributed by atoms with Crippen LogP contribution >= 0.6 is 0 Å². The van der Waals surface area contributed by atoms with Crippen molar-refractivity contribution in [1.29, 1.82) is 0 Å². The number of nitrogens with zero attached hydrogens (tertiary/aromatic N) is 5. The number of nitrogens with one attached hydrogen (secondary N) is 3. The van der Waals surface area contributed by atoms with E-state index < -0.39 is 0 Å². The summed E-state index contributed by atoms with van der Waals surface area (Å²) in [4.78, 5) is 30.7. The number of ether oxygens (including phenoxy) is 1. The van der Waals surface area contributed by atoms with Crippen LogP contribution in [0, 0.1) is 12.8 Å². The molecule has 1 unspecified atom stereocenters. The first kappa shape index (κ1) is 24.6. The van der Waals surface area contributed by atoms with Gasteiger partial charge in [-0.2, -0.15) is 0 Å². The van der Waals surface area contributed by atoms with Crippen LogP contribution < -0.4 is 16.0 Å². The molecule has 37 heavy (non-hydrogen) atoms. The lowest BCUT2D eigenvalue weighted by atomic mass is 9.93. The lowest BCUT2D eigenvalue weighted by Gasteiger charge is -2.13. The Labute approximate surface area is 214 Å². The fourth-order valence-corrected chi connectivity index (χ4v) is 3.91. The Morgan fingerprint density at radius 3 is 2.78 bits per heavy atom. The molecule has 1 fully saturated rings. The first-order valence-electron chi connectivity index (χ1n) is 12.2. The molecule has 5 rings (SSSR count). The Hall–Kier alpha value is -4.12. The maximum absolute atomic E-state index is 12.9. The van der Waals surface area contributed by atoms with Gasteiger partial charge in [0.15, 0.2) is 11.6 Å². The van der Waals surface area contributed by atoms with Crippen LogP contribution in [0.4, 0.5) is 23.3 Å². The SMILES string of the molecule is Cc1ccc(C(=O)Nc2cc(C(C)(C)C)on2)cc1Nc1ncnc2cnc(NCC3CCOC3)nc12. The topological polar surface area (TPSA) is 140 Å². The minimum absolute atomic E-state index is 0.207. The third kappa shape index (κ3) is 5.67. The molecule has 0 radical (unpaired) electrons. The molecule has 4 aromatic rings. The first-order valence-corrected chi connectivity index (χ1v) is 12.2. The molecule has 0 saturated carbocycles. The highest BCUT2D eigenvalue weighted by atomic mass is 16.5. The Kier molecular flexibility index (Phi) is 6.70. The lowest BCUT2D eigenvalue weighted by molar-refractivity contribution is 0.102. The fourth-order valence-electron chi connectivity index (χ4n) is 3.91. The summed E-state index contributed by atoms with van der Waals surface area (Å²) in [6.07, 6.45) is 4.15. The van der Waals surface area contributed by atoms with Crippen LogP contribution in [0.2, 0.25) is 0 Å². The van der Waals surface area contributed by atoms with E-state index in [0.29, 0.717) is 45.9 Å². The van der Waals surface area contributed by atoms with Crippen molar-refractivity contribution >= 4 is 40.2 Å². The highest BCUT2D eigenvalue weighted by Gasteiger charge is 2.21. The van der Waals surface area contributed by atoms with Gasteiger partial charge in [-0.1, -0.05) is 32.0 Å². The molecule has 0 aliphatic carbocycles. The van der Waals surface area contributed by atoms with Crippen molar-refractivity contribution in [3.8, 4) is 0 Å². The third-order valence-electron chi connectivity index (χ3n) is 6.19. The van der Waals surface area contributed by atoms with Gasteiger partial charge in [0, 0.05) is 41.8 Å². The number of benzene rings is 1. The Bertz CT molecular complexity index is 1420. The number of rotatable bonds is 7. The molecule has 1 atom stereocenters. The van der Waals surface area contributed by atoms with Gasteiger partial charge < -0.3 is 25.2 Å². The number of carbonyl (C=O) groups excluding carboxylic acids is 1. The van der Waals surface area contributed by atoms with Crippen molar-refractivity contribution in [2.75, 3.05) is 35.7 Å². The van der Waals surface area contributed by atoms with Gasteiger partial charge in [-0.3, -0.25) is 4.79 Å². The molecule has 0 bridgehead atoms. The number of aromatic nitrogens is 5. The molecule has 3 aromatic heterocycles. The largest absolute Gasteiger partial charge is 0.381 e. The average molecular weight is 503 g/mol. The Balaban J connectivity index is 1.35. The van der Waals surface area contributed by atoms with Gasteiger partial charge in [0.05, 0.1) is 12.8 Å². The molecule has 3 N–H and O–H groups in total. The molecule has 1 aliphatic heterocycles. The zero-order chi connectivity index (χ0) is 26.0. The fraction of sp³-hybridized carbons (Fsp3) is 0.385. The van der Waals surface area contributed by atoms with Gasteiger partial charge >= 0.3 is 0 Å². The normalized spacial score (nSPS) is 15.6. The Morgan fingerprint density at radius 1 is 1.16 bits per heavy atom. The summed E-state index contributed by atoms with van der Waals surface area (Å²) in [5.41, 5.74) is 3.10. The standard InChI is InChI=1S/C26H30N8O3/c1-15-5-6-17(24(35)32-21-10-20(37-34-21)26(2,3)4)9-18(15)31-23-22-19(29-14-30-23)12-28-25(33-22)27-11-16-7-8-36-13-16/h5-6,9-10,12,14,16H,7-8,11,13H2,1-4H3,(H,27,28,33)(H,29,30,31)(H,32,34,35). The minimum Gasteiger partial charge on any atom is -0.381 e. The molecule has 1 aromatic carbocycles. The second-order valence-electron chi connectivity index (χ2n) is 10.2. The summed E-state index contributed by atoms with van der Waals surface area (Å²) < 4.78 is 10.8. The monoisotopic (exact) mass is 502 g/mol. The van der Waals surface area contributed by atoms with Gasteiger partial charge in [-0.25, -0.2) is 19.9 Å². The number of hydrogen-bond acceptors (Lipinski definition) is 10. The quantitative estimate of drug-likeness (QED) is 0.332. The summed E-state index contributed by atoms with van der Waals surface area (Å²) in [6.45, 7) is 10.3. The lowest BCUT2D eigenvalue weighted by Crippen LogP contribution is -2.15.